The van der Waals surface area contributed by atoms with Gasteiger partial charge in [0.2, 0.25) is 0 Å². The molecule has 1 aromatic heterocycles. The third kappa shape index (κ3) is 5.04. The van der Waals surface area contributed by atoms with Crippen LogP contribution in [0.5, 0.6) is 0 Å². The molecule has 0 saturated carbocycles. The number of benzene rings is 1. The highest BCUT2D eigenvalue weighted by molar-refractivity contribution is 5.73. The van der Waals surface area contributed by atoms with Gasteiger partial charge in [0.15, 0.2) is 0 Å². The maximum Gasteiger partial charge on any atom is 0.315 e. The van der Waals surface area contributed by atoms with Crippen molar-refractivity contribution in [2.75, 3.05) is 32.8 Å². The van der Waals surface area contributed by atoms with E-state index < -0.39 is 0 Å². The Bertz CT molecular complexity index is 672. The Morgan fingerprint density at radius 3 is 2.80 bits per heavy atom. The fourth-order valence-electron chi connectivity index (χ4n) is 2.89. The number of urea groups is 1. The number of carbonyl (C=O) groups excluding carboxylic acids is 1. The second-order valence-corrected chi connectivity index (χ2v) is 5.91. The molecule has 1 aliphatic rings. The van der Waals surface area contributed by atoms with E-state index in [1.54, 1.807) is 24.7 Å². The molecule has 2 N–H and O–H groups in total. The lowest BCUT2D eigenvalue weighted by Gasteiger charge is -2.34. The van der Waals surface area contributed by atoms with Crippen LogP contribution in [0.25, 0.3) is 0 Å². The highest BCUT2D eigenvalue weighted by atomic mass is 19.1. The van der Waals surface area contributed by atoms with Gasteiger partial charge in [-0.05, 0) is 23.8 Å². The molecule has 2 amide bonds. The number of halogens is 1. The molecular formula is C18H22FN3O3. The van der Waals surface area contributed by atoms with Crippen LogP contribution in [-0.2, 0) is 11.3 Å². The van der Waals surface area contributed by atoms with Gasteiger partial charge in [0.05, 0.1) is 31.8 Å². The molecule has 0 aliphatic carbocycles. The predicted octanol–water partition coefficient (Wildman–Crippen LogP) is 2.29. The van der Waals surface area contributed by atoms with Crippen LogP contribution in [0.2, 0.25) is 0 Å². The molecule has 1 atom stereocenters. The van der Waals surface area contributed by atoms with Gasteiger partial charge < -0.3 is 19.8 Å². The quantitative estimate of drug-likeness (QED) is 0.841. The highest BCUT2D eigenvalue weighted by Gasteiger charge is 2.23. The summed E-state index contributed by atoms with van der Waals surface area (Å²) in [4.78, 5) is 14.3. The molecule has 7 heteroatoms. The number of amides is 2. The van der Waals surface area contributed by atoms with E-state index in [4.69, 9.17) is 9.15 Å². The summed E-state index contributed by atoms with van der Waals surface area (Å²) in [5.41, 5.74) is 1.74. The Hall–Kier alpha value is -2.38. The number of hydrogen-bond donors (Lipinski definition) is 2. The molecule has 0 radical (unpaired) electrons. The SMILES string of the molecule is O=C(NCc1ccoc1)NCC(c1cccc(F)c1)N1CCOCC1. The summed E-state index contributed by atoms with van der Waals surface area (Å²) in [6.07, 6.45) is 3.15. The maximum atomic E-state index is 13.6. The summed E-state index contributed by atoms with van der Waals surface area (Å²) in [6, 6.07) is 7.94. The molecule has 1 aliphatic heterocycles. The van der Waals surface area contributed by atoms with Crippen LogP contribution in [0.4, 0.5) is 9.18 Å². The Morgan fingerprint density at radius 2 is 2.08 bits per heavy atom. The Balaban J connectivity index is 1.60. The average Bonchev–Trinajstić information content (AvgIpc) is 3.15. The van der Waals surface area contributed by atoms with E-state index in [1.807, 2.05) is 6.07 Å². The van der Waals surface area contributed by atoms with Gasteiger partial charge in [-0.3, -0.25) is 4.90 Å². The van der Waals surface area contributed by atoms with Gasteiger partial charge >= 0.3 is 6.03 Å². The molecule has 1 unspecified atom stereocenters. The van der Waals surface area contributed by atoms with Gasteiger partial charge in [0, 0.05) is 31.7 Å². The fourth-order valence-corrected chi connectivity index (χ4v) is 2.89. The summed E-state index contributed by atoms with van der Waals surface area (Å²) in [6.45, 7) is 3.56. The number of hydrogen-bond acceptors (Lipinski definition) is 4. The second kappa shape index (κ2) is 8.64. The number of carbonyl (C=O) groups is 1. The van der Waals surface area contributed by atoms with Gasteiger partial charge in [-0.1, -0.05) is 12.1 Å². The van der Waals surface area contributed by atoms with Crippen molar-refractivity contribution >= 4 is 6.03 Å². The summed E-state index contributed by atoms with van der Waals surface area (Å²) < 4.78 is 24.0. The van der Waals surface area contributed by atoms with Crippen molar-refractivity contribution in [2.24, 2.45) is 0 Å². The Labute approximate surface area is 145 Å². The number of nitrogens with zero attached hydrogens (tertiary/aromatic N) is 1. The second-order valence-electron chi connectivity index (χ2n) is 5.91. The lowest BCUT2D eigenvalue weighted by atomic mass is 10.0. The van der Waals surface area contributed by atoms with Crippen LogP contribution in [-0.4, -0.2) is 43.8 Å². The first-order valence-corrected chi connectivity index (χ1v) is 8.32. The third-order valence-electron chi connectivity index (χ3n) is 4.21. The van der Waals surface area contributed by atoms with Crippen molar-refractivity contribution in [1.82, 2.24) is 15.5 Å². The number of furan rings is 1. The van der Waals surface area contributed by atoms with E-state index >= 15 is 0 Å². The molecule has 1 aromatic carbocycles. The minimum Gasteiger partial charge on any atom is -0.472 e. The molecule has 2 aromatic rings. The molecular weight excluding hydrogens is 325 g/mol. The molecule has 25 heavy (non-hydrogen) atoms. The Morgan fingerprint density at radius 1 is 1.24 bits per heavy atom. The van der Waals surface area contributed by atoms with Crippen LogP contribution in [0.15, 0.2) is 47.3 Å². The summed E-state index contributed by atoms with van der Waals surface area (Å²) in [7, 11) is 0. The molecule has 1 saturated heterocycles. The first-order chi connectivity index (χ1) is 12.2. The lowest BCUT2D eigenvalue weighted by Crippen LogP contribution is -2.45. The zero-order chi connectivity index (χ0) is 17.5. The van der Waals surface area contributed by atoms with Crippen LogP contribution >= 0.6 is 0 Å². The van der Waals surface area contributed by atoms with Crippen molar-refractivity contribution in [3.05, 3.63) is 59.8 Å². The van der Waals surface area contributed by atoms with E-state index in [1.165, 1.54) is 12.1 Å². The van der Waals surface area contributed by atoms with Crippen molar-refractivity contribution in [2.45, 2.75) is 12.6 Å². The van der Waals surface area contributed by atoms with Crippen molar-refractivity contribution in [3.8, 4) is 0 Å². The van der Waals surface area contributed by atoms with Crippen LogP contribution in [0, 0.1) is 5.82 Å². The lowest BCUT2D eigenvalue weighted by molar-refractivity contribution is 0.0166. The van der Waals surface area contributed by atoms with Crippen molar-refractivity contribution in [1.29, 1.82) is 0 Å². The number of rotatable bonds is 6. The topological polar surface area (TPSA) is 66.7 Å². The monoisotopic (exact) mass is 347 g/mol. The number of morpholine rings is 1. The Kier molecular flexibility index (Phi) is 6.03. The van der Waals surface area contributed by atoms with Gasteiger partial charge in [-0.15, -0.1) is 0 Å². The highest BCUT2D eigenvalue weighted by Crippen LogP contribution is 2.22. The summed E-state index contributed by atoms with van der Waals surface area (Å²) >= 11 is 0. The zero-order valence-electron chi connectivity index (χ0n) is 13.9. The van der Waals surface area contributed by atoms with Crippen LogP contribution in [0.3, 0.4) is 0 Å². The third-order valence-corrected chi connectivity index (χ3v) is 4.21. The number of nitrogens with one attached hydrogen (secondary N) is 2. The average molecular weight is 347 g/mol. The summed E-state index contributed by atoms with van der Waals surface area (Å²) in [5, 5.41) is 5.65. The largest absolute Gasteiger partial charge is 0.472 e. The van der Waals surface area contributed by atoms with Crippen LogP contribution < -0.4 is 10.6 Å². The van der Waals surface area contributed by atoms with Crippen molar-refractivity contribution < 1.29 is 18.3 Å². The van der Waals surface area contributed by atoms with E-state index in [-0.39, 0.29) is 17.9 Å². The number of ether oxygens (including phenoxy) is 1. The standard InChI is InChI=1S/C18H22FN3O3/c19-16-3-1-2-15(10-16)17(22-5-8-24-9-6-22)12-21-18(23)20-11-14-4-7-25-13-14/h1-4,7,10,13,17H,5-6,8-9,11-12H2,(H2,20,21,23). The predicted molar refractivity (Wildman–Crippen MR) is 90.5 cm³/mol. The van der Waals surface area contributed by atoms with Gasteiger partial charge in [0.1, 0.15) is 5.82 Å². The molecule has 6 nitrogen and oxygen atoms in total. The maximum absolute atomic E-state index is 13.6. The smallest absolute Gasteiger partial charge is 0.315 e. The molecule has 0 spiro atoms. The van der Waals surface area contributed by atoms with Crippen LogP contribution in [0.1, 0.15) is 17.2 Å². The summed E-state index contributed by atoms with van der Waals surface area (Å²) in [5.74, 6) is -0.278. The normalized spacial score (nSPS) is 16.4. The molecule has 1 fully saturated rings. The zero-order valence-corrected chi connectivity index (χ0v) is 13.9. The fraction of sp³-hybridized carbons (Fsp3) is 0.389. The first-order valence-electron chi connectivity index (χ1n) is 8.32. The first kappa shape index (κ1) is 17.4. The molecule has 2 heterocycles. The minimum atomic E-state index is -0.278. The minimum absolute atomic E-state index is 0.0979. The van der Waals surface area contributed by atoms with Gasteiger partial charge in [-0.25, -0.2) is 9.18 Å². The molecule has 3 rings (SSSR count). The van der Waals surface area contributed by atoms with Gasteiger partial charge in [-0.2, -0.15) is 0 Å². The van der Waals surface area contributed by atoms with Crippen molar-refractivity contribution in [3.63, 3.8) is 0 Å². The van der Waals surface area contributed by atoms with E-state index in [0.717, 1.165) is 24.2 Å². The van der Waals surface area contributed by atoms with E-state index in [2.05, 4.69) is 15.5 Å². The van der Waals surface area contributed by atoms with E-state index in [9.17, 15) is 9.18 Å². The van der Waals surface area contributed by atoms with Gasteiger partial charge in [0.25, 0.3) is 0 Å². The molecule has 134 valence electrons. The van der Waals surface area contributed by atoms with E-state index in [0.29, 0.717) is 26.3 Å². The molecule has 0 bridgehead atoms.